The molecule has 0 aliphatic rings. The van der Waals surface area contributed by atoms with Crippen LogP contribution in [0, 0.1) is 5.92 Å². The zero-order valence-electron chi connectivity index (χ0n) is 9.29. The van der Waals surface area contributed by atoms with Gasteiger partial charge < -0.3 is 4.90 Å². The highest BCUT2D eigenvalue weighted by molar-refractivity contribution is 6.41. The predicted molar refractivity (Wildman–Crippen MR) is 56.4 cm³/mol. The molecule has 0 N–H and O–H groups in total. The number of aliphatic imine (C=N–C) groups is 1. The van der Waals surface area contributed by atoms with Gasteiger partial charge in [-0.1, -0.05) is 13.8 Å². The maximum absolute atomic E-state index is 11.7. The molecule has 0 radical (unpaired) electrons. The molecule has 0 saturated carbocycles. The van der Waals surface area contributed by atoms with Gasteiger partial charge in [-0.05, 0) is 20.5 Å². The number of nitrogens with zero attached hydrogens (tertiary/aromatic N) is 2. The Morgan fingerprint density at radius 3 is 2.31 bits per heavy atom. The summed E-state index contributed by atoms with van der Waals surface area (Å²) in [4.78, 5) is 17.7. The first-order valence-corrected chi connectivity index (χ1v) is 4.67. The Balaban J connectivity index is 4.34. The number of hydrogen-bond acceptors (Lipinski definition) is 3. The van der Waals surface area contributed by atoms with Gasteiger partial charge in [0.2, 0.25) is 0 Å². The zero-order valence-corrected chi connectivity index (χ0v) is 9.29. The van der Waals surface area contributed by atoms with E-state index in [-0.39, 0.29) is 11.7 Å². The summed E-state index contributed by atoms with van der Waals surface area (Å²) < 4.78 is 0. The molecule has 3 heteroatoms. The van der Waals surface area contributed by atoms with Gasteiger partial charge in [0.15, 0.2) is 5.78 Å². The quantitative estimate of drug-likeness (QED) is 0.602. The molecule has 0 aromatic heterocycles. The minimum atomic E-state index is 0.0960. The summed E-state index contributed by atoms with van der Waals surface area (Å²) in [6.07, 6.45) is 0.880. The molecule has 0 aromatic carbocycles. The van der Waals surface area contributed by atoms with E-state index in [4.69, 9.17) is 0 Å². The first kappa shape index (κ1) is 12.3. The molecular weight excluding hydrogens is 164 g/mol. The summed E-state index contributed by atoms with van der Waals surface area (Å²) in [6, 6.07) is 0. The summed E-state index contributed by atoms with van der Waals surface area (Å²) in [5.41, 5.74) is 0.680. The molecular formula is C10H20N2O. The second-order valence-corrected chi connectivity index (χ2v) is 3.58. The van der Waals surface area contributed by atoms with Gasteiger partial charge in [-0.25, -0.2) is 0 Å². The number of ketones is 1. The summed E-state index contributed by atoms with van der Waals surface area (Å²) in [5.74, 6) is 0.275. The van der Waals surface area contributed by atoms with E-state index >= 15 is 0 Å². The van der Waals surface area contributed by atoms with Crippen molar-refractivity contribution in [3.63, 3.8) is 0 Å². The number of hydrogen-bond donors (Lipinski definition) is 0. The lowest BCUT2D eigenvalue weighted by Crippen LogP contribution is -2.31. The highest BCUT2D eigenvalue weighted by Gasteiger charge is 2.17. The maximum Gasteiger partial charge on any atom is 0.180 e. The van der Waals surface area contributed by atoms with Gasteiger partial charge in [0.25, 0.3) is 0 Å². The van der Waals surface area contributed by atoms with Crippen molar-refractivity contribution >= 4 is 11.5 Å². The highest BCUT2D eigenvalue weighted by atomic mass is 16.1. The molecule has 76 valence electrons. The molecule has 0 amide bonds. The fourth-order valence-electron chi connectivity index (χ4n) is 1.03. The van der Waals surface area contributed by atoms with Crippen LogP contribution in [0.15, 0.2) is 4.99 Å². The number of Topliss-reactive ketones (excluding diaryl/α,β-unsaturated/α-hetero) is 1. The Labute approximate surface area is 80.8 Å². The minimum Gasteiger partial charge on any atom is -0.303 e. The Kier molecular flexibility index (Phi) is 5.55. The Hall–Kier alpha value is -0.700. The first-order chi connectivity index (χ1) is 6.02. The summed E-state index contributed by atoms with van der Waals surface area (Å²) >= 11 is 0. The van der Waals surface area contributed by atoms with Crippen LogP contribution in [-0.4, -0.2) is 44.1 Å². The normalized spacial score (nSPS) is 14.8. The monoisotopic (exact) mass is 184 g/mol. The van der Waals surface area contributed by atoms with E-state index in [1.807, 2.05) is 32.8 Å². The second kappa shape index (κ2) is 5.86. The fourth-order valence-corrected chi connectivity index (χ4v) is 1.03. The van der Waals surface area contributed by atoms with Gasteiger partial charge in [-0.15, -0.1) is 0 Å². The Bertz CT molecular complexity index is 197. The number of carbonyl (C=O) groups excluding carboxylic acids is 1. The average molecular weight is 184 g/mol. The van der Waals surface area contributed by atoms with Crippen molar-refractivity contribution < 1.29 is 4.79 Å². The van der Waals surface area contributed by atoms with E-state index < -0.39 is 0 Å². The molecule has 0 aliphatic heterocycles. The van der Waals surface area contributed by atoms with Gasteiger partial charge in [0.05, 0.1) is 5.71 Å². The SMILES string of the molecule is CCC(C)C(=O)C(CN(C)C)=NC. The van der Waals surface area contributed by atoms with Crippen molar-refractivity contribution in [1.29, 1.82) is 0 Å². The Morgan fingerprint density at radius 1 is 1.46 bits per heavy atom. The highest BCUT2D eigenvalue weighted by Crippen LogP contribution is 2.04. The summed E-state index contributed by atoms with van der Waals surface area (Å²) in [5, 5.41) is 0. The molecule has 0 fully saturated rings. The van der Waals surface area contributed by atoms with Crippen LogP contribution in [0.3, 0.4) is 0 Å². The van der Waals surface area contributed by atoms with Gasteiger partial charge in [-0.3, -0.25) is 9.79 Å². The summed E-state index contributed by atoms with van der Waals surface area (Å²) in [6.45, 7) is 4.61. The van der Waals surface area contributed by atoms with Gasteiger partial charge in [-0.2, -0.15) is 0 Å². The first-order valence-electron chi connectivity index (χ1n) is 4.67. The van der Waals surface area contributed by atoms with Gasteiger partial charge in [0, 0.05) is 19.5 Å². The lowest BCUT2D eigenvalue weighted by Gasteiger charge is -2.13. The van der Waals surface area contributed by atoms with Crippen molar-refractivity contribution in [3.05, 3.63) is 0 Å². The standard InChI is InChI=1S/C10H20N2O/c1-6-8(2)10(13)9(11-3)7-12(4)5/h8H,6-7H2,1-5H3. The van der Waals surface area contributed by atoms with E-state index in [1.54, 1.807) is 7.05 Å². The largest absolute Gasteiger partial charge is 0.303 e. The van der Waals surface area contributed by atoms with E-state index in [0.717, 1.165) is 6.42 Å². The van der Waals surface area contributed by atoms with Crippen LogP contribution in [0.2, 0.25) is 0 Å². The number of rotatable bonds is 5. The molecule has 0 saturated heterocycles. The fraction of sp³-hybridized carbons (Fsp3) is 0.800. The molecule has 0 aliphatic carbocycles. The van der Waals surface area contributed by atoms with Crippen molar-refractivity contribution in [2.45, 2.75) is 20.3 Å². The van der Waals surface area contributed by atoms with Crippen LogP contribution in [0.4, 0.5) is 0 Å². The van der Waals surface area contributed by atoms with Crippen LogP contribution in [0.25, 0.3) is 0 Å². The van der Waals surface area contributed by atoms with Crippen LogP contribution in [-0.2, 0) is 4.79 Å². The molecule has 13 heavy (non-hydrogen) atoms. The van der Waals surface area contributed by atoms with Crippen LogP contribution in [0.5, 0.6) is 0 Å². The molecule has 0 heterocycles. The molecule has 0 aromatic rings. The molecule has 1 atom stereocenters. The minimum absolute atomic E-state index is 0.0960. The number of carbonyl (C=O) groups is 1. The van der Waals surface area contributed by atoms with E-state index in [1.165, 1.54) is 0 Å². The molecule has 0 rings (SSSR count). The third kappa shape index (κ3) is 4.18. The topological polar surface area (TPSA) is 32.7 Å². The lowest BCUT2D eigenvalue weighted by atomic mass is 9.99. The molecule has 0 spiro atoms. The van der Waals surface area contributed by atoms with E-state index in [9.17, 15) is 4.79 Å². The van der Waals surface area contributed by atoms with Gasteiger partial charge >= 0.3 is 0 Å². The zero-order chi connectivity index (χ0) is 10.4. The maximum atomic E-state index is 11.7. The average Bonchev–Trinajstić information content (AvgIpc) is 2.11. The lowest BCUT2D eigenvalue weighted by molar-refractivity contribution is -0.116. The molecule has 0 bridgehead atoms. The predicted octanol–water partition coefficient (Wildman–Crippen LogP) is 1.23. The molecule has 1 unspecified atom stereocenters. The van der Waals surface area contributed by atoms with Crippen molar-refractivity contribution in [2.75, 3.05) is 27.7 Å². The smallest absolute Gasteiger partial charge is 0.180 e. The van der Waals surface area contributed by atoms with Crippen molar-refractivity contribution in [3.8, 4) is 0 Å². The second-order valence-electron chi connectivity index (χ2n) is 3.58. The van der Waals surface area contributed by atoms with Crippen LogP contribution < -0.4 is 0 Å². The van der Waals surface area contributed by atoms with Crippen molar-refractivity contribution in [2.24, 2.45) is 10.9 Å². The van der Waals surface area contributed by atoms with E-state index in [2.05, 4.69) is 4.99 Å². The third-order valence-electron chi connectivity index (χ3n) is 2.08. The van der Waals surface area contributed by atoms with Crippen molar-refractivity contribution in [1.82, 2.24) is 4.90 Å². The summed E-state index contributed by atoms with van der Waals surface area (Å²) in [7, 11) is 5.56. The molecule has 3 nitrogen and oxygen atoms in total. The third-order valence-corrected chi connectivity index (χ3v) is 2.08. The van der Waals surface area contributed by atoms with Gasteiger partial charge in [0.1, 0.15) is 0 Å². The van der Waals surface area contributed by atoms with Crippen LogP contribution in [0.1, 0.15) is 20.3 Å². The Morgan fingerprint density at radius 2 is 2.00 bits per heavy atom. The van der Waals surface area contributed by atoms with Crippen LogP contribution >= 0.6 is 0 Å². The van der Waals surface area contributed by atoms with E-state index in [0.29, 0.717) is 12.3 Å².